The predicted octanol–water partition coefficient (Wildman–Crippen LogP) is 2.46. The van der Waals surface area contributed by atoms with Crippen LogP contribution in [0.25, 0.3) is 0 Å². The topological polar surface area (TPSA) is 65.0 Å². The molecule has 3 rings (SSSR count). The Morgan fingerprint density at radius 3 is 2.08 bits per heavy atom. The molecular formula is C19H24N2O3. The minimum absolute atomic E-state index is 0.0173. The van der Waals surface area contributed by atoms with Gasteiger partial charge in [-0.2, -0.15) is 0 Å². The van der Waals surface area contributed by atoms with Crippen LogP contribution in [0.4, 0.5) is 0 Å². The van der Waals surface area contributed by atoms with E-state index < -0.39 is 0 Å². The molecule has 5 nitrogen and oxygen atoms in total. The number of phenols is 2. The Bertz CT molecular complexity index is 597. The van der Waals surface area contributed by atoms with Gasteiger partial charge in [0, 0.05) is 19.6 Å². The van der Waals surface area contributed by atoms with Gasteiger partial charge in [0.25, 0.3) is 0 Å². The van der Waals surface area contributed by atoms with E-state index in [0.717, 1.165) is 37.3 Å². The first-order valence-electron chi connectivity index (χ1n) is 8.35. The molecule has 1 saturated heterocycles. The molecule has 5 heteroatoms. The van der Waals surface area contributed by atoms with Gasteiger partial charge in [0.2, 0.25) is 0 Å². The van der Waals surface area contributed by atoms with Crippen LogP contribution in [-0.4, -0.2) is 47.5 Å². The maximum absolute atomic E-state index is 9.55. The summed E-state index contributed by atoms with van der Waals surface area (Å²) in [6.07, 6.45) is -0.276. The molecule has 1 unspecified atom stereocenters. The summed E-state index contributed by atoms with van der Waals surface area (Å²) in [5.74, 6) is 0.468. The first kappa shape index (κ1) is 16.8. The van der Waals surface area contributed by atoms with Gasteiger partial charge in [-0.25, -0.2) is 0 Å². The van der Waals surface area contributed by atoms with Gasteiger partial charge in [0.1, 0.15) is 23.8 Å². The van der Waals surface area contributed by atoms with E-state index in [9.17, 15) is 10.2 Å². The van der Waals surface area contributed by atoms with Gasteiger partial charge in [-0.1, -0.05) is 31.2 Å². The maximum atomic E-state index is 9.55. The van der Waals surface area contributed by atoms with Crippen molar-refractivity contribution in [1.82, 2.24) is 10.2 Å². The summed E-state index contributed by atoms with van der Waals surface area (Å²) in [4.78, 5) is 2.31. The second kappa shape index (κ2) is 7.66. The summed E-state index contributed by atoms with van der Waals surface area (Å²) in [6.45, 7) is 5.78. The largest absolute Gasteiger partial charge is 0.508 e. The highest BCUT2D eigenvalue weighted by Gasteiger charge is 2.26. The molecule has 1 fully saturated rings. The molecule has 0 bridgehead atoms. The molecule has 0 aliphatic carbocycles. The molecule has 1 heterocycles. The number of likely N-dealkylation sites (N-methyl/N-ethyl adjacent to an activating group) is 1. The summed E-state index contributed by atoms with van der Waals surface area (Å²) in [6, 6.07) is 14.2. The highest BCUT2D eigenvalue weighted by molar-refractivity contribution is 5.36. The average Bonchev–Trinajstić information content (AvgIpc) is 2.62. The van der Waals surface area contributed by atoms with E-state index in [4.69, 9.17) is 4.74 Å². The molecular weight excluding hydrogens is 304 g/mol. The first-order chi connectivity index (χ1) is 11.7. The minimum Gasteiger partial charge on any atom is -0.508 e. The molecule has 0 aromatic heterocycles. The molecule has 128 valence electrons. The number of nitrogens with zero attached hydrogens (tertiary/aromatic N) is 1. The van der Waals surface area contributed by atoms with Crippen molar-refractivity contribution in [2.24, 2.45) is 0 Å². The van der Waals surface area contributed by atoms with Gasteiger partial charge in [-0.15, -0.1) is 0 Å². The number of nitrogens with one attached hydrogen (secondary N) is 1. The summed E-state index contributed by atoms with van der Waals surface area (Å²) in [7, 11) is 0. The number of rotatable bonds is 5. The van der Waals surface area contributed by atoms with Crippen molar-refractivity contribution in [3.05, 3.63) is 59.7 Å². The third-order valence-electron chi connectivity index (χ3n) is 4.39. The van der Waals surface area contributed by atoms with Crippen LogP contribution in [0.3, 0.4) is 0 Å². The van der Waals surface area contributed by atoms with Crippen molar-refractivity contribution in [3.8, 4) is 11.5 Å². The van der Waals surface area contributed by atoms with E-state index in [-0.39, 0.29) is 23.8 Å². The fourth-order valence-corrected chi connectivity index (χ4v) is 3.02. The first-order valence-corrected chi connectivity index (χ1v) is 8.35. The van der Waals surface area contributed by atoms with Gasteiger partial charge in [0.15, 0.2) is 0 Å². The van der Waals surface area contributed by atoms with Gasteiger partial charge >= 0.3 is 0 Å². The smallest absolute Gasteiger partial charge is 0.124 e. The van der Waals surface area contributed by atoms with Crippen molar-refractivity contribution in [3.63, 3.8) is 0 Å². The lowest BCUT2D eigenvalue weighted by Crippen LogP contribution is -2.52. The molecule has 2 aromatic carbocycles. The van der Waals surface area contributed by atoms with Gasteiger partial charge < -0.3 is 20.3 Å². The number of benzene rings is 2. The summed E-state index contributed by atoms with van der Waals surface area (Å²) in [5, 5.41) is 22.5. The standard InChI is InChI=1S/C19H24N2O3/c1-2-21-12-11-20-13-18(21)24-19(14-3-7-16(22)8-4-14)15-5-9-17(23)10-6-15/h3-10,18-20,22-23H,2,11-13H2,1H3. The lowest BCUT2D eigenvalue weighted by Gasteiger charge is -2.37. The quantitative estimate of drug-likeness (QED) is 0.787. The van der Waals surface area contributed by atoms with E-state index >= 15 is 0 Å². The van der Waals surface area contributed by atoms with E-state index in [1.54, 1.807) is 24.3 Å². The number of hydrogen-bond acceptors (Lipinski definition) is 5. The van der Waals surface area contributed by atoms with E-state index in [1.165, 1.54) is 0 Å². The van der Waals surface area contributed by atoms with Crippen molar-refractivity contribution in [2.45, 2.75) is 19.3 Å². The number of piperazine rings is 1. The highest BCUT2D eigenvalue weighted by atomic mass is 16.5. The maximum Gasteiger partial charge on any atom is 0.124 e. The molecule has 0 radical (unpaired) electrons. The van der Waals surface area contributed by atoms with Crippen LogP contribution < -0.4 is 5.32 Å². The van der Waals surface area contributed by atoms with Crippen LogP contribution in [0.5, 0.6) is 11.5 Å². The molecule has 0 amide bonds. The Morgan fingerprint density at radius 2 is 1.58 bits per heavy atom. The Hall–Kier alpha value is -2.08. The van der Waals surface area contributed by atoms with Gasteiger partial charge in [-0.3, -0.25) is 4.90 Å². The third kappa shape index (κ3) is 3.87. The van der Waals surface area contributed by atoms with Crippen LogP contribution in [0.15, 0.2) is 48.5 Å². The molecule has 0 spiro atoms. The van der Waals surface area contributed by atoms with Crippen LogP contribution in [0.2, 0.25) is 0 Å². The molecule has 1 aliphatic rings. The number of aromatic hydroxyl groups is 2. The zero-order valence-electron chi connectivity index (χ0n) is 13.9. The average molecular weight is 328 g/mol. The SMILES string of the molecule is CCN1CCNCC1OC(c1ccc(O)cc1)c1ccc(O)cc1. The fraction of sp³-hybridized carbons (Fsp3) is 0.368. The Morgan fingerprint density at radius 1 is 1.04 bits per heavy atom. The molecule has 3 N–H and O–H groups in total. The lowest BCUT2D eigenvalue weighted by atomic mass is 10.0. The molecule has 1 aliphatic heterocycles. The minimum atomic E-state index is -0.259. The summed E-state index contributed by atoms with van der Waals surface area (Å²) >= 11 is 0. The summed E-state index contributed by atoms with van der Waals surface area (Å²) in [5.41, 5.74) is 1.94. The van der Waals surface area contributed by atoms with E-state index in [1.807, 2.05) is 24.3 Å². The van der Waals surface area contributed by atoms with Crippen LogP contribution in [-0.2, 0) is 4.74 Å². The Balaban J connectivity index is 1.89. The molecule has 24 heavy (non-hydrogen) atoms. The normalized spacial score (nSPS) is 18.8. The fourth-order valence-electron chi connectivity index (χ4n) is 3.02. The van der Waals surface area contributed by atoms with Crippen molar-refractivity contribution in [1.29, 1.82) is 0 Å². The van der Waals surface area contributed by atoms with Gasteiger partial charge in [0.05, 0.1) is 0 Å². The zero-order valence-corrected chi connectivity index (χ0v) is 13.9. The van der Waals surface area contributed by atoms with E-state index in [0.29, 0.717) is 0 Å². The monoisotopic (exact) mass is 328 g/mol. The summed E-state index contributed by atoms with van der Waals surface area (Å²) < 4.78 is 6.45. The lowest BCUT2D eigenvalue weighted by molar-refractivity contribution is -0.0954. The van der Waals surface area contributed by atoms with Crippen molar-refractivity contribution < 1.29 is 14.9 Å². The number of hydrogen-bond donors (Lipinski definition) is 3. The molecule has 0 saturated carbocycles. The van der Waals surface area contributed by atoms with E-state index in [2.05, 4.69) is 17.1 Å². The van der Waals surface area contributed by atoms with Crippen LogP contribution in [0.1, 0.15) is 24.2 Å². The molecule has 2 aromatic rings. The number of ether oxygens (including phenoxy) is 1. The molecule has 1 atom stereocenters. The Kier molecular flexibility index (Phi) is 5.35. The van der Waals surface area contributed by atoms with Crippen LogP contribution >= 0.6 is 0 Å². The van der Waals surface area contributed by atoms with Crippen LogP contribution in [0, 0.1) is 0 Å². The second-order valence-corrected chi connectivity index (χ2v) is 5.99. The van der Waals surface area contributed by atoms with Crippen molar-refractivity contribution >= 4 is 0 Å². The predicted molar refractivity (Wildman–Crippen MR) is 93.0 cm³/mol. The van der Waals surface area contributed by atoms with Gasteiger partial charge in [-0.05, 0) is 41.9 Å². The number of phenolic OH excluding ortho intramolecular Hbond substituents is 2. The zero-order chi connectivity index (χ0) is 16.9. The highest BCUT2D eigenvalue weighted by Crippen LogP contribution is 2.30. The third-order valence-corrected chi connectivity index (χ3v) is 4.39. The second-order valence-electron chi connectivity index (χ2n) is 5.99. The van der Waals surface area contributed by atoms with Crippen molar-refractivity contribution in [2.75, 3.05) is 26.2 Å². The Labute approximate surface area is 142 Å².